The number of benzene rings is 1. The number of hydrogen-bond acceptors (Lipinski definition) is 5. The van der Waals surface area contributed by atoms with Crippen LogP contribution in [-0.2, 0) is 11.3 Å². The summed E-state index contributed by atoms with van der Waals surface area (Å²) < 4.78 is 1.12. The van der Waals surface area contributed by atoms with Gasteiger partial charge in [0.05, 0.1) is 5.69 Å². The largest absolute Gasteiger partial charge is 0.300 e. The van der Waals surface area contributed by atoms with Crippen LogP contribution in [0.1, 0.15) is 0 Å². The maximum atomic E-state index is 12.0. The average molecular weight is 347 g/mol. The van der Waals surface area contributed by atoms with Crippen LogP contribution in [0.4, 0.5) is 5.13 Å². The molecule has 0 aliphatic carbocycles. The highest BCUT2D eigenvalue weighted by Crippen LogP contribution is 2.18. The summed E-state index contributed by atoms with van der Waals surface area (Å²) in [5, 5.41) is 9.69. The molecule has 23 heavy (non-hydrogen) atoms. The Kier molecular flexibility index (Phi) is 4.50. The van der Waals surface area contributed by atoms with Crippen molar-refractivity contribution in [1.82, 2.24) is 14.8 Å². The van der Waals surface area contributed by atoms with E-state index in [0.717, 1.165) is 10.2 Å². The third-order valence-electron chi connectivity index (χ3n) is 2.98. The highest BCUT2D eigenvalue weighted by molar-refractivity contribution is 7.13. The third-order valence-corrected chi connectivity index (χ3v) is 3.92. The standard InChI is InChI=1S/C15H11ClN4O2S/c16-11-3-1-10(2-4-11)12-5-6-14(22)20(19-12)9-13(21)18-15-17-7-8-23-15/h1-8H,9H2,(H,17,18,21). The zero-order chi connectivity index (χ0) is 16.2. The van der Waals surface area contributed by atoms with Gasteiger partial charge < -0.3 is 5.32 Å². The maximum absolute atomic E-state index is 12.0. The Morgan fingerprint density at radius 2 is 2.00 bits per heavy atom. The lowest BCUT2D eigenvalue weighted by atomic mass is 10.1. The van der Waals surface area contributed by atoms with E-state index >= 15 is 0 Å². The first-order valence-electron chi connectivity index (χ1n) is 6.65. The van der Waals surface area contributed by atoms with Crippen molar-refractivity contribution in [3.63, 3.8) is 0 Å². The minimum Gasteiger partial charge on any atom is -0.300 e. The molecule has 6 nitrogen and oxygen atoms in total. The Balaban J connectivity index is 1.81. The number of anilines is 1. The van der Waals surface area contributed by atoms with Gasteiger partial charge in [-0.3, -0.25) is 9.59 Å². The van der Waals surface area contributed by atoms with Gasteiger partial charge in [0.1, 0.15) is 6.54 Å². The smallest absolute Gasteiger partial charge is 0.267 e. The van der Waals surface area contributed by atoms with Gasteiger partial charge >= 0.3 is 0 Å². The summed E-state index contributed by atoms with van der Waals surface area (Å²) in [4.78, 5) is 27.8. The third kappa shape index (κ3) is 3.82. The highest BCUT2D eigenvalue weighted by atomic mass is 35.5. The molecule has 3 rings (SSSR count). The fourth-order valence-electron chi connectivity index (χ4n) is 1.92. The van der Waals surface area contributed by atoms with Gasteiger partial charge in [-0.1, -0.05) is 23.7 Å². The molecule has 0 saturated heterocycles. The van der Waals surface area contributed by atoms with Crippen LogP contribution in [0.25, 0.3) is 11.3 Å². The molecule has 0 bridgehead atoms. The predicted molar refractivity (Wildman–Crippen MR) is 89.7 cm³/mol. The van der Waals surface area contributed by atoms with Gasteiger partial charge in [-0.15, -0.1) is 11.3 Å². The van der Waals surface area contributed by atoms with Gasteiger partial charge in [-0.2, -0.15) is 5.10 Å². The van der Waals surface area contributed by atoms with Gasteiger partial charge in [-0.25, -0.2) is 9.67 Å². The van der Waals surface area contributed by atoms with Crippen molar-refractivity contribution in [3.05, 3.63) is 63.4 Å². The Labute approximate surface area is 140 Å². The molecule has 1 aromatic carbocycles. The number of halogens is 1. The van der Waals surface area contributed by atoms with E-state index in [-0.39, 0.29) is 18.0 Å². The van der Waals surface area contributed by atoms with Gasteiger partial charge in [0.15, 0.2) is 5.13 Å². The molecule has 8 heteroatoms. The van der Waals surface area contributed by atoms with Gasteiger partial charge in [0, 0.05) is 28.2 Å². The van der Waals surface area contributed by atoms with E-state index in [2.05, 4.69) is 15.4 Å². The molecule has 0 atom stereocenters. The summed E-state index contributed by atoms with van der Waals surface area (Å²) in [6, 6.07) is 10.1. The normalized spacial score (nSPS) is 10.5. The molecule has 0 unspecified atom stereocenters. The van der Waals surface area contributed by atoms with Crippen molar-refractivity contribution >= 4 is 34.0 Å². The topological polar surface area (TPSA) is 76.9 Å². The van der Waals surface area contributed by atoms with E-state index in [9.17, 15) is 9.59 Å². The summed E-state index contributed by atoms with van der Waals surface area (Å²) in [5.41, 5.74) is 1.05. The van der Waals surface area contributed by atoms with Crippen LogP contribution in [-0.4, -0.2) is 20.7 Å². The molecule has 0 saturated carbocycles. The van der Waals surface area contributed by atoms with Gasteiger partial charge in [0.2, 0.25) is 5.91 Å². The van der Waals surface area contributed by atoms with Crippen molar-refractivity contribution in [3.8, 4) is 11.3 Å². The molecule has 1 N–H and O–H groups in total. The first-order chi connectivity index (χ1) is 11.1. The van der Waals surface area contributed by atoms with Crippen LogP contribution in [0.3, 0.4) is 0 Å². The number of thiazole rings is 1. The van der Waals surface area contributed by atoms with E-state index in [4.69, 9.17) is 11.6 Å². The van der Waals surface area contributed by atoms with E-state index < -0.39 is 0 Å². The number of carbonyl (C=O) groups is 1. The van der Waals surface area contributed by atoms with Crippen LogP contribution >= 0.6 is 22.9 Å². The summed E-state index contributed by atoms with van der Waals surface area (Å²) in [6.07, 6.45) is 1.59. The Morgan fingerprint density at radius 1 is 1.22 bits per heavy atom. The van der Waals surface area contributed by atoms with Crippen molar-refractivity contribution < 1.29 is 4.79 Å². The lowest BCUT2D eigenvalue weighted by Crippen LogP contribution is -2.29. The minimum atomic E-state index is -0.359. The first-order valence-corrected chi connectivity index (χ1v) is 7.91. The molecule has 0 spiro atoms. The molecule has 116 valence electrons. The molecule has 0 aliphatic rings. The molecule has 0 radical (unpaired) electrons. The fraction of sp³-hybridized carbons (Fsp3) is 0.0667. The molecule has 2 heterocycles. The Morgan fingerprint density at radius 3 is 2.70 bits per heavy atom. The second kappa shape index (κ2) is 6.72. The van der Waals surface area contributed by atoms with Crippen LogP contribution in [0, 0.1) is 0 Å². The quantitative estimate of drug-likeness (QED) is 0.788. The summed E-state index contributed by atoms with van der Waals surface area (Å²) in [6.45, 7) is -0.181. The van der Waals surface area contributed by atoms with E-state index in [0.29, 0.717) is 15.8 Å². The van der Waals surface area contributed by atoms with Crippen LogP contribution in [0.5, 0.6) is 0 Å². The van der Waals surface area contributed by atoms with Gasteiger partial charge in [0.25, 0.3) is 5.56 Å². The lowest BCUT2D eigenvalue weighted by Gasteiger charge is -2.07. The van der Waals surface area contributed by atoms with Crippen molar-refractivity contribution in [2.45, 2.75) is 6.54 Å². The van der Waals surface area contributed by atoms with E-state index in [1.165, 1.54) is 17.4 Å². The summed E-state index contributed by atoms with van der Waals surface area (Å²) in [7, 11) is 0. The number of carbonyl (C=O) groups excluding carboxylic acids is 1. The number of rotatable bonds is 4. The van der Waals surface area contributed by atoms with E-state index in [1.807, 2.05) is 0 Å². The molecule has 0 aliphatic heterocycles. The number of hydrogen-bond donors (Lipinski definition) is 1. The maximum Gasteiger partial charge on any atom is 0.267 e. The SMILES string of the molecule is O=C(Cn1nc(-c2ccc(Cl)cc2)ccc1=O)Nc1nccs1. The van der Waals surface area contributed by atoms with Crippen molar-refractivity contribution in [2.75, 3.05) is 5.32 Å². The fourth-order valence-corrected chi connectivity index (χ4v) is 2.59. The second-order valence-electron chi connectivity index (χ2n) is 4.61. The number of amides is 1. The van der Waals surface area contributed by atoms with Crippen LogP contribution in [0.2, 0.25) is 5.02 Å². The molecular weight excluding hydrogens is 336 g/mol. The van der Waals surface area contributed by atoms with E-state index in [1.54, 1.807) is 41.9 Å². The van der Waals surface area contributed by atoms with Crippen LogP contribution in [0.15, 0.2) is 52.8 Å². The van der Waals surface area contributed by atoms with Crippen molar-refractivity contribution in [2.24, 2.45) is 0 Å². The molecule has 3 aromatic rings. The second-order valence-corrected chi connectivity index (χ2v) is 5.94. The minimum absolute atomic E-state index is 0.181. The van der Waals surface area contributed by atoms with Gasteiger partial charge in [-0.05, 0) is 18.2 Å². The summed E-state index contributed by atoms with van der Waals surface area (Å²) >= 11 is 7.16. The highest BCUT2D eigenvalue weighted by Gasteiger charge is 2.09. The predicted octanol–water partition coefficient (Wildman–Crippen LogP) is 2.66. The summed E-state index contributed by atoms with van der Waals surface area (Å²) in [5.74, 6) is -0.359. The lowest BCUT2D eigenvalue weighted by molar-refractivity contribution is -0.117. The first kappa shape index (κ1) is 15.4. The number of aromatic nitrogens is 3. The zero-order valence-electron chi connectivity index (χ0n) is 11.8. The monoisotopic (exact) mass is 346 g/mol. The zero-order valence-corrected chi connectivity index (χ0v) is 13.3. The van der Waals surface area contributed by atoms with Crippen molar-refractivity contribution in [1.29, 1.82) is 0 Å². The van der Waals surface area contributed by atoms with Crippen LogP contribution < -0.4 is 10.9 Å². The molecular formula is C15H11ClN4O2S. The molecule has 1 amide bonds. The number of nitrogens with zero attached hydrogens (tertiary/aromatic N) is 3. The molecule has 2 aromatic heterocycles. The Hall–Kier alpha value is -2.51. The number of nitrogens with one attached hydrogen (secondary N) is 1. The average Bonchev–Trinajstić information content (AvgIpc) is 3.03. The Bertz CT molecular complexity index is 875. The molecule has 0 fully saturated rings.